The molecule has 1 atom stereocenters. The molecule has 1 aliphatic rings. The van der Waals surface area contributed by atoms with Crippen LogP contribution < -0.4 is 10.5 Å². The zero-order chi connectivity index (χ0) is 18.0. The molecule has 1 aromatic carbocycles. The minimum atomic E-state index is -0.521. The Morgan fingerprint density at radius 1 is 1.28 bits per heavy atom. The number of anilines is 1. The Kier molecular flexibility index (Phi) is 4.70. The van der Waals surface area contributed by atoms with E-state index in [1.54, 1.807) is 11.1 Å². The van der Waals surface area contributed by atoms with Crippen molar-refractivity contribution >= 4 is 22.7 Å². The molecule has 0 spiro atoms. The quantitative estimate of drug-likeness (QED) is 0.893. The molecule has 0 radical (unpaired) electrons. The summed E-state index contributed by atoms with van der Waals surface area (Å²) >= 11 is 0. The number of rotatable bonds is 2. The Labute approximate surface area is 147 Å². The summed E-state index contributed by atoms with van der Waals surface area (Å²) in [5, 5.41) is 1.85. The molecule has 1 aliphatic heterocycles. The van der Waals surface area contributed by atoms with Crippen molar-refractivity contribution in [3.63, 3.8) is 0 Å². The van der Waals surface area contributed by atoms with Gasteiger partial charge in [0.15, 0.2) is 6.23 Å². The van der Waals surface area contributed by atoms with Gasteiger partial charge < -0.3 is 15.2 Å². The average molecular weight is 343 g/mol. The largest absolute Gasteiger partial charge is 0.470 e. The summed E-state index contributed by atoms with van der Waals surface area (Å²) in [5.41, 5.74) is 5.37. The van der Waals surface area contributed by atoms with Crippen molar-refractivity contribution in [3.05, 3.63) is 30.5 Å². The first-order valence-corrected chi connectivity index (χ1v) is 8.64. The number of hydrogen-bond donors (Lipinski definition) is 1. The Bertz CT molecular complexity index is 770. The van der Waals surface area contributed by atoms with Gasteiger partial charge in [-0.2, -0.15) is 0 Å². The highest BCUT2D eigenvalue weighted by Gasteiger charge is 2.31. The number of carbonyl (C=O) groups is 1. The third kappa shape index (κ3) is 4.13. The molecule has 6 nitrogen and oxygen atoms in total. The van der Waals surface area contributed by atoms with Crippen LogP contribution >= 0.6 is 0 Å². The molecular weight excluding hydrogens is 318 g/mol. The van der Waals surface area contributed by atoms with Crippen molar-refractivity contribution in [3.8, 4) is 5.75 Å². The molecule has 134 valence electrons. The molecule has 0 saturated carbocycles. The number of benzene rings is 1. The number of nitrogens with two attached hydrogens (primary N) is 1. The van der Waals surface area contributed by atoms with Gasteiger partial charge in [0.05, 0.1) is 0 Å². The monoisotopic (exact) mass is 343 g/mol. The number of aromatic nitrogens is 1. The molecule has 0 bridgehead atoms. The summed E-state index contributed by atoms with van der Waals surface area (Å²) in [5.74, 6) is 1.20. The van der Waals surface area contributed by atoms with Gasteiger partial charge in [0.25, 0.3) is 0 Å². The van der Waals surface area contributed by atoms with E-state index in [1.807, 2.05) is 45.0 Å². The van der Waals surface area contributed by atoms with Gasteiger partial charge in [-0.05, 0) is 63.3 Å². The topological polar surface area (TPSA) is 77.7 Å². The summed E-state index contributed by atoms with van der Waals surface area (Å²) in [6.07, 6.45) is 3.80. The highest BCUT2D eigenvalue weighted by Crippen LogP contribution is 2.27. The molecule has 2 heterocycles. The Balaban J connectivity index is 1.78. The van der Waals surface area contributed by atoms with E-state index in [2.05, 4.69) is 4.98 Å². The third-order valence-corrected chi connectivity index (χ3v) is 4.11. The lowest BCUT2D eigenvalue weighted by Crippen LogP contribution is -2.48. The smallest absolute Gasteiger partial charge is 0.413 e. The Hall–Kier alpha value is -2.50. The molecule has 6 heteroatoms. The molecule has 1 aromatic heterocycles. The number of hydrogen-bond acceptors (Lipinski definition) is 5. The number of fused-ring (bicyclic) bond motifs is 1. The molecule has 2 aromatic rings. The Morgan fingerprint density at radius 2 is 2.08 bits per heavy atom. The van der Waals surface area contributed by atoms with Gasteiger partial charge in [-0.25, -0.2) is 9.78 Å². The van der Waals surface area contributed by atoms with Crippen LogP contribution in [0.15, 0.2) is 30.5 Å². The molecule has 1 unspecified atom stereocenters. The first-order chi connectivity index (χ1) is 11.8. The van der Waals surface area contributed by atoms with E-state index in [0.717, 1.165) is 30.0 Å². The van der Waals surface area contributed by atoms with Crippen molar-refractivity contribution in [2.75, 3.05) is 12.3 Å². The van der Waals surface area contributed by atoms with E-state index in [9.17, 15) is 4.79 Å². The van der Waals surface area contributed by atoms with Gasteiger partial charge in [-0.15, -0.1) is 0 Å². The summed E-state index contributed by atoms with van der Waals surface area (Å²) in [6, 6.07) is 7.58. The van der Waals surface area contributed by atoms with E-state index in [1.165, 1.54) is 0 Å². The van der Waals surface area contributed by atoms with Crippen molar-refractivity contribution < 1.29 is 14.3 Å². The highest BCUT2D eigenvalue weighted by atomic mass is 16.6. The van der Waals surface area contributed by atoms with Crippen LogP contribution in [0, 0.1) is 0 Å². The summed E-state index contributed by atoms with van der Waals surface area (Å²) in [7, 11) is 0. The van der Waals surface area contributed by atoms with E-state index in [0.29, 0.717) is 18.1 Å². The van der Waals surface area contributed by atoms with Crippen LogP contribution in [0.4, 0.5) is 10.6 Å². The van der Waals surface area contributed by atoms with E-state index >= 15 is 0 Å². The molecule has 0 aliphatic carbocycles. The lowest BCUT2D eigenvalue weighted by atomic mass is 10.1. The molecule has 1 fully saturated rings. The molecule has 1 saturated heterocycles. The van der Waals surface area contributed by atoms with Crippen LogP contribution in [0.5, 0.6) is 5.75 Å². The predicted octanol–water partition coefficient (Wildman–Crippen LogP) is 3.94. The SMILES string of the molecule is CC(C)(C)OC(=O)N1CCCCC1Oc1ccc2c(N)nccc2c1. The van der Waals surface area contributed by atoms with Crippen LogP contribution in [0.1, 0.15) is 40.0 Å². The first-order valence-electron chi connectivity index (χ1n) is 8.64. The first kappa shape index (κ1) is 17.3. The van der Waals surface area contributed by atoms with Gasteiger partial charge in [0.1, 0.15) is 17.2 Å². The van der Waals surface area contributed by atoms with Crippen molar-refractivity contribution in [2.24, 2.45) is 0 Å². The zero-order valence-corrected chi connectivity index (χ0v) is 15.0. The van der Waals surface area contributed by atoms with E-state index in [-0.39, 0.29) is 12.3 Å². The van der Waals surface area contributed by atoms with E-state index in [4.69, 9.17) is 15.2 Å². The van der Waals surface area contributed by atoms with Crippen LogP contribution in [-0.4, -0.2) is 34.4 Å². The maximum atomic E-state index is 12.5. The Morgan fingerprint density at radius 3 is 2.84 bits per heavy atom. The fraction of sp³-hybridized carbons (Fsp3) is 0.474. The van der Waals surface area contributed by atoms with Gasteiger partial charge in [0, 0.05) is 24.5 Å². The number of pyridine rings is 1. The van der Waals surface area contributed by atoms with Crippen molar-refractivity contribution in [2.45, 2.75) is 51.9 Å². The number of carbonyl (C=O) groups excluding carboxylic acids is 1. The van der Waals surface area contributed by atoms with E-state index < -0.39 is 5.60 Å². The third-order valence-electron chi connectivity index (χ3n) is 4.11. The number of nitrogens with zero attached hydrogens (tertiary/aromatic N) is 2. The molecule has 2 N–H and O–H groups in total. The molecule has 1 amide bonds. The average Bonchev–Trinajstić information content (AvgIpc) is 2.54. The van der Waals surface area contributed by atoms with Gasteiger partial charge in [0.2, 0.25) is 0 Å². The van der Waals surface area contributed by atoms with Gasteiger partial charge >= 0.3 is 6.09 Å². The maximum Gasteiger partial charge on any atom is 0.413 e. The molecule has 3 rings (SSSR count). The second-order valence-electron chi connectivity index (χ2n) is 7.32. The number of amides is 1. The second-order valence-corrected chi connectivity index (χ2v) is 7.32. The normalized spacial score (nSPS) is 18.2. The standard InChI is InChI=1S/C19H25N3O3/c1-19(2,3)25-18(23)22-11-5-4-6-16(22)24-14-7-8-15-13(12-14)9-10-21-17(15)20/h7-10,12,16H,4-6,11H2,1-3H3,(H2,20,21). The predicted molar refractivity (Wildman–Crippen MR) is 97.4 cm³/mol. The second kappa shape index (κ2) is 6.78. The maximum absolute atomic E-state index is 12.5. The molecular formula is C19H25N3O3. The van der Waals surface area contributed by atoms with Gasteiger partial charge in [-0.3, -0.25) is 4.90 Å². The lowest BCUT2D eigenvalue weighted by molar-refractivity contribution is -0.0341. The van der Waals surface area contributed by atoms with Crippen LogP contribution in [0.3, 0.4) is 0 Å². The van der Waals surface area contributed by atoms with Crippen LogP contribution in [-0.2, 0) is 4.74 Å². The summed E-state index contributed by atoms with van der Waals surface area (Å²) in [6.45, 7) is 6.25. The fourth-order valence-corrected chi connectivity index (χ4v) is 2.96. The number of nitrogen functional groups attached to an aromatic ring is 1. The number of likely N-dealkylation sites (tertiary alicyclic amines) is 1. The van der Waals surface area contributed by atoms with Crippen molar-refractivity contribution in [1.82, 2.24) is 9.88 Å². The lowest BCUT2D eigenvalue weighted by Gasteiger charge is -2.36. The van der Waals surface area contributed by atoms with Crippen molar-refractivity contribution in [1.29, 1.82) is 0 Å². The number of piperidine rings is 1. The number of ether oxygens (including phenoxy) is 2. The summed E-state index contributed by atoms with van der Waals surface area (Å²) in [4.78, 5) is 18.2. The van der Waals surface area contributed by atoms with Crippen LogP contribution in [0.2, 0.25) is 0 Å². The highest BCUT2D eigenvalue weighted by molar-refractivity contribution is 5.91. The minimum Gasteiger partial charge on any atom is -0.470 e. The molecule has 25 heavy (non-hydrogen) atoms. The zero-order valence-electron chi connectivity index (χ0n) is 15.0. The summed E-state index contributed by atoms with van der Waals surface area (Å²) < 4.78 is 11.6. The fourth-order valence-electron chi connectivity index (χ4n) is 2.96. The van der Waals surface area contributed by atoms with Gasteiger partial charge in [-0.1, -0.05) is 0 Å². The minimum absolute atomic E-state index is 0.319. The van der Waals surface area contributed by atoms with Crippen LogP contribution in [0.25, 0.3) is 10.8 Å².